The molecule has 0 atom stereocenters. The van der Waals surface area contributed by atoms with E-state index in [1.54, 1.807) is 6.07 Å². The number of halogens is 1. The summed E-state index contributed by atoms with van der Waals surface area (Å²) in [7, 11) is 0. The lowest BCUT2D eigenvalue weighted by Crippen LogP contribution is -2.08. The molecule has 0 aliphatic heterocycles. The van der Waals surface area contributed by atoms with Crippen LogP contribution in [0.4, 0.5) is 5.82 Å². The topological polar surface area (TPSA) is 76.7 Å². The zero-order valence-corrected chi connectivity index (χ0v) is 10.4. The fourth-order valence-electron chi connectivity index (χ4n) is 1.65. The second-order valence-electron chi connectivity index (χ2n) is 4.23. The van der Waals surface area contributed by atoms with Crippen molar-refractivity contribution in [1.82, 2.24) is 20.1 Å². The Morgan fingerprint density at radius 2 is 2.28 bits per heavy atom. The van der Waals surface area contributed by atoms with Gasteiger partial charge in [0.05, 0.1) is 0 Å². The Morgan fingerprint density at radius 1 is 1.39 bits per heavy atom. The van der Waals surface area contributed by atoms with E-state index in [0.29, 0.717) is 29.9 Å². The predicted octanol–water partition coefficient (Wildman–Crippen LogP) is 2.04. The van der Waals surface area contributed by atoms with Gasteiger partial charge in [0.1, 0.15) is 16.8 Å². The average molecular weight is 266 g/mol. The number of nitrogens with one attached hydrogen (secondary N) is 1. The summed E-state index contributed by atoms with van der Waals surface area (Å²) >= 11 is 5.97. The van der Waals surface area contributed by atoms with Crippen LogP contribution in [-0.4, -0.2) is 26.7 Å². The Morgan fingerprint density at radius 3 is 3.00 bits per heavy atom. The van der Waals surface area contributed by atoms with Crippen molar-refractivity contribution in [1.29, 1.82) is 0 Å². The first-order chi connectivity index (χ1) is 8.81. The molecule has 0 radical (unpaired) electrons. The van der Waals surface area contributed by atoms with Gasteiger partial charge in [-0.05, 0) is 12.8 Å². The van der Waals surface area contributed by atoms with Gasteiger partial charge in [-0.1, -0.05) is 16.8 Å². The van der Waals surface area contributed by atoms with Gasteiger partial charge in [-0.15, -0.1) is 0 Å². The second kappa shape index (κ2) is 4.89. The van der Waals surface area contributed by atoms with Crippen LogP contribution < -0.4 is 5.32 Å². The Balaban J connectivity index is 1.61. The first kappa shape index (κ1) is 11.4. The first-order valence-electron chi connectivity index (χ1n) is 5.85. The van der Waals surface area contributed by atoms with Crippen LogP contribution in [0.3, 0.4) is 0 Å². The van der Waals surface area contributed by atoms with E-state index in [9.17, 15) is 0 Å². The summed E-state index contributed by atoms with van der Waals surface area (Å²) in [6, 6.07) is 1.73. The highest BCUT2D eigenvalue weighted by molar-refractivity contribution is 6.29. The summed E-state index contributed by atoms with van der Waals surface area (Å²) in [5.74, 6) is 2.75. The molecule has 1 aliphatic rings. The fraction of sp³-hybridized carbons (Fsp3) is 0.455. The van der Waals surface area contributed by atoms with Gasteiger partial charge in [0.2, 0.25) is 6.39 Å². The second-order valence-corrected chi connectivity index (χ2v) is 4.62. The number of nitrogens with zero attached hydrogens (tertiary/aromatic N) is 4. The third-order valence-electron chi connectivity index (χ3n) is 2.72. The quantitative estimate of drug-likeness (QED) is 0.834. The van der Waals surface area contributed by atoms with E-state index in [4.69, 9.17) is 11.6 Å². The normalized spacial score (nSPS) is 14.7. The maximum atomic E-state index is 5.97. The summed E-state index contributed by atoms with van der Waals surface area (Å²) < 4.78 is 4.66. The molecule has 0 aromatic carbocycles. The van der Waals surface area contributed by atoms with E-state index in [1.807, 2.05) is 0 Å². The van der Waals surface area contributed by atoms with Crippen LogP contribution in [0, 0.1) is 0 Å². The minimum atomic E-state index is 0.481. The summed E-state index contributed by atoms with van der Waals surface area (Å²) in [6.07, 6.45) is 4.31. The molecule has 1 fully saturated rings. The van der Waals surface area contributed by atoms with Crippen LogP contribution in [0.15, 0.2) is 17.0 Å². The molecule has 1 saturated carbocycles. The molecule has 1 N–H and O–H groups in total. The number of aromatic nitrogens is 4. The van der Waals surface area contributed by atoms with Crippen LogP contribution in [0.5, 0.6) is 0 Å². The Hall–Kier alpha value is -1.69. The minimum absolute atomic E-state index is 0.481. The highest BCUT2D eigenvalue weighted by atomic mass is 35.5. The number of hydrogen-bond donors (Lipinski definition) is 1. The van der Waals surface area contributed by atoms with Crippen molar-refractivity contribution in [2.24, 2.45) is 0 Å². The standard InChI is InChI=1S/C11H12ClN5O/c12-8-5-10(16-11(15-8)7-1-2-7)13-4-3-9-14-6-18-17-9/h5-7H,1-4H2,(H,13,15,16). The average Bonchev–Trinajstić information content (AvgIpc) is 3.08. The summed E-state index contributed by atoms with van der Waals surface area (Å²) in [5.41, 5.74) is 0. The maximum Gasteiger partial charge on any atom is 0.213 e. The molecular formula is C11H12ClN5O. The molecule has 0 saturated heterocycles. The first-order valence-corrected chi connectivity index (χ1v) is 6.22. The summed E-state index contributed by atoms with van der Waals surface area (Å²) in [5, 5.41) is 7.41. The Bertz CT molecular complexity index is 526. The van der Waals surface area contributed by atoms with E-state index in [-0.39, 0.29) is 0 Å². The van der Waals surface area contributed by atoms with Crippen molar-refractivity contribution in [3.05, 3.63) is 29.3 Å². The van der Waals surface area contributed by atoms with E-state index in [0.717, 1.165) is 24.5 Å². The molecule has 0 amide bonds. The van der Waals surface area contributed by atoms with E-state index in [1.165, 1.54) is 6.39 Å². The van der Waals surface area contributed by atoms with Crippen LogP contribution in [0.1, 0.15) is 30.4 Å². The monoisotopic (exact) mass is 265 g/mol. The number of hydrogen-bond acceptors (Lipinski definition) is 6. The molecule has 0 spiro atoms. The van der Waals surface area contributed by atoms with Crippen LogP contribution >= 0.6 is 11.6 Å². The molecule has 7 heteroatoms. The Kier molecular flexibility index (Phi) is 3.10. The lowest BCUT2D eigenvalue weighted by atomic mass is 10.3. The van der Waals surface area contributed by atoms with Crippen molar-refractivity contribution in [3.63, 3.8) is 0 Å². The van der Waals surface area contributed by atoms with E-state index < -0.39 is 0 Å². The SMILES string of the molecule is Clc1cc(NCCc2ncon2)nc(C2CC2)n1. The van der Waals surface area contributed by atoms with Crippen LogP contribution in [-0.2, 0) is 6.42 Å². The molecule has 2 aromatic rings. The van der Waals surface area contributed by atoms with Gasteiger partial charge < -0.3 is 9.84 Å². The Labute approximate surface area is 109 Å². The number of rotatable bonds is 5. The molecule has 2 aromatic heterocycles. The van der Waals surface area contributed by atoms with E-state index >= 15 is 0 Å². The van der Waals surface area contributed by atoms with Gasteiger partial charge in [0.25, 0.3) is 0 Å². The molecule has 0 unspecified atom stereocenters. The molecule has 2 heterocycles. The lowest BCUT2D eigenvalue weighted by molar-refractivity contribution is 0.410. The number of anilines is 1. The zero-order chi connectivity index (χ0) is 12.4. The predicted molar refractivity (Wildman–Crippen MR) is 65.5 cm³/mol. The lowest BCUT2D eigenvalue weighted by Gasteiger charge is -2.06. The van der Waals surface area contributed by atoms with Crippen molar-refractivity contribution in [3.8, 4) is 0 Å². The van der Waals surface area contributed by atoms with Gasteiger partial charge in [-0.3, -0.25) is 0 Å². The summed E-state index contributed by atoms with van der Waals surface area (Å²) in [6.45, 7) is 0.678. The molecular weight excluding hydrogens is 254 g/mol. The van der Waals surface area contributed by atoms with Crippen LogP contribution in [0.2, 0.25) is 5.15 Å². The third kappa shape index (κ3) is 2.76. The van der Waals surface area contributed by atoms with Gasteiger partial charge in [0.15, 0.2) is 5.82 Å². The van der Waals surface area contributed by atoms with Crippen molar-refractivity contribution in [2.75, 3.05) is 11.9 Å². The van der Waals surface area contributed by atoms with Gasteiger partial charge in [-0.2, -0.15) is 4.98 Å². The van der Waals surface area contributed by atoms with Crippen molar-refractivity contribution in [2.45, 2.75) is 25.2 Å². The molecule has 94 valence electrons. The zero-order valence-electron chi connectivity index (χ0n) is 9.64. The van der Waals surface area contributed by atoms with Gasteiger partial charge in [0, 0.05) is 24.9 Å². The molecule has 1 aliphatic carbocycles. The third-order valence-corrected chi connectivity index (χ3v) is 2.91. The van der Waals surface area contributed by atoms with E-state index in [2.05, 4.69) is 29.9 Å². The smallest absolute Gasteiger partial charge is 0.213 e. The van der Waals surface area contributed by atoms with Gasteiger partial charge in [-0.25, -0.2) is 9.97 Å². The highest BCUT2D eigenvalue weighted by Gasteiger charge is 2.27. The molecule has 0 bridgehead atoms. The molecule has 3 rings (SSSR count). The van der Waals surface area contributed by atoms with Crippen molar-refractivity contribution < 1.29 is 4.52 Å². The van der Waals surface area contributed by atoms with Crippen molar-refractivity contribution >= 4 is 17.4 Å². The largest absolute Gasteiger partial charge is 0.369 e. The minimum Gasteiger partial charge on any atom is -0.369 e. The molecule has 6 nitrogen and oxygen atoms in total. The maximum absolute atomic E-state index is 5.97. The molecule has 18 heavy (non-hydrogen) atoms. The van der Waals surface area contributed by atoms with Crippen LogP contribution in [0.25, 0.3) is 0 Å². The highest BCUT2D eigenvalue weighted by Crippen LogP contribution is 2.38. The summed E-state index contributed by atoms with van der Waals surface area (Å²) in [4.78, 5) is 12.6. The fourth-order valence-corrected chi connectivity index (χ4v) is 1.84. The van der Waals surface area contributed by atoms with Gasteiger partial charge >= 0.3 is 0 Å².